The number of benzene rings is 1. The number of rotatable bonds is 8. The van der Waals surface area contributed by atoms with Crippen LogP contribution in [-0.2, 0) is 9.53 Å². The van der Waals surface area contributed by atoms with Crippen LogP contribution in [0.1, 0.15) is 40.8 Å². The van der Waals surface area contributed by atoms with Gasteiger partial charge in [0.2, 0.25) is 6.41 Å². The molecule has 0 radical (unpaired) electrons. The molecule has 204 valence electrons. The number of aromatic nitrogens is 2. The fraction of sp³-hybridized carbons (Fsp3) is 0.310. The summed E-state index contributed by atoms with van der Waals surface area (Å²) in [6.07, 6.45) is 3.09. The number of carbonyl (C=O) groups is 2. The Morgan fingerprint density at radius 3 is 2.56 bits per heavy atom. The van der Waals surface area contributed by atoms with Gasteiger partial charge in [-0.1, -0.05) is 18.8 Å². The zero-order valence-corrected chi connectivity index (χ0v) is 22.4. The largest absolute Gasteiger partial charge is 0.491 e. The number of nitrogens with two attached hydrogens (primary N) is 1. The molecule has 0 saturated carbocycles. The highest BCUT2D eigenvalue weighted by molar-refractivity contribution is 5.91. The number of anilines is 1. The summed E-state index contributed by atoms with van der Waals surface area (Å²) < 4.78 is 16.2. The molecule has 0 unspecified atom stereocenters. The van der Waals surface area contributed by atoms with Gasteiger partial charge in [-0.3, -0.25) is 19.6 Å². The summed E-state index contributed by atoms with van der Waals surface area (Å²) in [4.78, 5) is 31.6. The van der Waals surface area contributed by atoms with Gasteiger partial charge in [0.15, 0.2) is 5.60 Å². The van der Waals surface area contributed by atoms with Crippen LogP contribution in [0.4, 0.5) is 5.69 Å². The summed E-state index contributed by atoms with van der Waals surface area (Å²) in [5.74, 6) is 6.91. The number of aliphatic hydroxyl groups is 1. The minimum Gasteiger partial charge on any atom is -0.491 e. The number of primary amides is 1. The van der Waals surface area contributed by atoms with Crippen molar-refractivity contribution < 1.29 is 28.9 Å². The maximum atomic E-state index is 11.0. The van der Waals surface area contributed by atoms with Crippen LogP contribution in [0.3, 0.4) is 0 Å². The molecule has 1 saturated heterocycles. The van der Waals surface area contributed by atoms with E-state index in [2.05, 4.69) is 21.8 Å². The normalized spacial score (nSPS) is 12.9. The van der Waals surface area contributed by atoms with Crippen LogP contribution in [0.2, 0.25) is 0 Å². The molecule has 3 heterocycles. The maximum absolute atomic E-state index is 11.0. The number of ether oxygens (including phenoxy) is 3. The van der Waals surface area contributed by atoms with Crippen LogP contribution in [0.5, 0.6) is 17.2 Å². The number of hydrogen-bond acceptors (Lipinski definition) is 8. The molecule has 0 bridgehead atoms. The van der Waals surface area contributed by atoms with Gasteiger partial charge in [0.25, 0.3) is 5.91 Å². The van der Waals surface area contributed by atoms with Crippen LogP contribution >= 0.6 is 0 Å². The smallest absolute Gasteiger partial charge is 0.267 e. The molecule has 3 aromatic rings. The van der Waals surface area contributed by atoms with E-state index in [1.54, 1.807) is 25.2 Å². The quantitative estimate of drug-likeness (QED) is 0.333. The number of amides is 2. The minimum absolute atomic E-state index is 0.172. The Morgan fingerprint density at radius 1 is 1.21 bits per heavy atom. The molecule has 2 aromatic heterocycles. The van der Waals surface area contributed by atoms with E-state index >= 15 is 0 Å². The molecule has 10 nitrogen and oxygen atoms in total. The Labute approximate surface area is 227 Å². The second-order valence-corrected chi connectivity index (χ2v) is 8.90. The highest BCUT2D eigenvalue weighted by atomic mass is 16.5. The van der Waals surface area contributed by atoms with E-state index in [0.29, 0.717) is 35.1 Å². The lowest BCUT2D eigenvalue weighted by atomic mass is 10.0. The van der Waals surface area contributed by atoms with E-state index in [0.717, 1.165) is 24.2 Å². The summed E-state index contributed by atoms with van der Waals surface area (Å²) in [5, 5.41) is 9.88. The predicted octanol–water partition coefficient (Wildman–Crippen LogP) is 3.17. The fourth-order valence-corrected chi connectivity index (χ4v) is 3.34. The second-order valence-electron chi connectivity index (χ2n) is 8.90. The van der Waals surface area contributed by atoms with Crippen molar-refractivity contribution in [3.05, 3.63) is 71.3 Å². The van der Waals surface area contributed by atoms with Crippen LogP contribution < -0.4 is 20.1 Å². The number of carbonyl (C=O) groups excluding carboxylic acids is 2. The molecular formula is C29H32N4O6. The summed E-state index contributed by atoms with van der Waals surface area (Å²) in [5.41, 5.74) is 7.35. The Morgan fingerprint density at radius 2 is 1.95 bits per heavy atom. The first-order chi connectivity index (χ1) is 18.6. The van der Waals surface area contributed by atoms with Crippen molar-refractivity contribution >= 4 is 18.0 Å². The molecule has 1 aliphatic heterocycles. The van der Waals surface area contributed by atoms with Gasteiger partial charge in [-0.25, -0.2) is 0 Å². The highest BCUT2D eigenvalue weighted by Crippen LogP contribution is 2.28. The van der Waals surface area contributed by atoms with Gasteiger partial charge in [0, 0.05) is 30.6 Å². The van der Waals surface area contributed by atoms with Crippen molar-refractivity contribution in [3.8, 4) is 29.1 Å². The summed E-state index contributed by atoms with van der Waals surface area (Å²) in [6, 6.07) is 12.2. The third-order valence-corrected chi connectivity index (χ3v) is 5.47. The van der Waals surface area contributed by atoms with Gasteiger partial charge < -0.3 is 30.0 Å². The molecule has 3 N–H and O–H groups in total. The lowest BCUT2D eigenvalue weighted by Gasteiger charge is -2.30. The highest BCUT2D eigenvalue weighted by Gasteiger charge is 2.33. The maximum Gasteiger partial charge on any atom is 0.267 e. The third-order valence-electron chi connectivity index (χ3n) is 5.47. The zero-order chi connectivity index (χ0) is 28.4. The van der Waals surface area contributed by atoms with E-state index in [4.69, 9.17) is 19.9 Å². The van der Waals surface area contributed by atoms with Crippen LogP contribution in [-0.4, -0.2) is 59.9 Å². The van der Waals surface area contributed by atoms with Gasteiger partial charge in [-0.2, -0.15) is 0 Å². The Kier molecular flexibility index (Phi) is 9.98. The summed E-state index contributed by atoms with van der Waals surface area (Å²) in [7, 11) is 1.66. The van der Waals surface area contributed by atoms with Crippen molar-refractivity contribution in [3.63, 3.8) is 0 Å². The van der Waals surface area contributed by atoms with E-state index < -0.39 is 11.5 Å². The first-order valence-electron chi connectivity index (χ1n) is 12.3. The van der Waals surface area contributed by atoms with Gasteiger partial charge >= 0.3 is 0 Å². The lowest BCUT2D eigenvalue weighted by molar-refractivity contribution is -0.140. The van der Waals surface area contributed by atoms with Gasteiger partial charge in [-0.05, 0) is 56.7 Å². The van der Waals surface area contributed by atoms with Crippen LogP contribution in [0.25, 0.3) is 0 Å². The Balaban J connectivity index is 0.000000218. The SMILES string of the molecule is CCCOc1ccc(C#CC2(O)COC2)cc1N(C)C=O.Cc1ccc(Oc2ccnc(C(N)=O)c2)c(C)n1. The second kappa shape index (κ2) is 13.4. The molecule has 4 rings (SSSR count). The molecule has 1 fully saturated rings. The van der Waals surface area contributed by atoms with Crippen LogP contribution in [0.15, 0.2) is 48.7 Å². The molecule has 2 amide bonds. The van der Waals surface area contributed by atoms with Crippen molar-refractivity contribution in [2.24, 2.45) is 5.73 Å². The molecule has 0 atom stereocenters. The summed E-state index contributed by atoms with van der Waals surface area (Å²) in [6.45, 7) is 6.84. The Bertz CT molecular complexity index is 1380. The molecule has 1 aromatic carbocycles. The third kappa shape index (κ3) is 8.26. The predicted molar refractivity (Wildman–Crippen MR) is 146 cm³/mol. The first kappa shape index (κ1) is 29.1. The molecule has 0 aliphatic carbocycles. The van der Waals surface area contributed by atoms with E-state index in [-0.39, 0.29) is 18.9 Å². The molecule has 39 heavy (non-hydrogen) atoms. The molecule has 0 spiro atoms. The summed E-state index contributed by atoms with van der Waals surface area (Å²) >= 11 is 0. The van der Waals surface area contributed by atoms with E-state index in [9.17, 15) is 14.7 Å². The fourth-order valence-electron chi connectivity index (χ4n) is 3.34. The van der Waals surface area contributed by atoms with Crippen molar-refractivity contribution in [1.29, 1.82) is 0 Å². The number of aryl methyl sites for hydroxylation is 2. The van der Waals surface area contributed by atoms with Crippen molar-refractivity contribution in [1.82, 2.24) is 9.97 Å². The topological polar surface area (TPSA) is 137 Å². The standard InChI is InChI=1S/C16H19NO4.C13H13N3O2/c1-3-8-21-15-5-4-13(9-14(15)17(2)12-18)6-7-16(19)10-20-11-16;1-8-3-4-12(9(2)16-8)18-10-5-6-15-11(7-10)13(14)17/h4-5,9,12,19H,3,8,10-11H2,1-2H3;3-7H,1-2H3,(H2,14,17). The van der Waals surface area contributed by atoms with Crippen molar-refractivity contribution in [2.45, 2.75) is 32.8 Å². The monoisotopic (exact) mass is 532 g/mol. The molecule has 10 heteroatoms. The number of nitrogens with zero attached hydrogens (tertiary/aromatic N) is 3. The average Bonchev–Trinajstić information content (AvgIpc) is 2.91. The van der Waals surface area contributed by atoms with Gasteiger partial charge in [-0.15, -0.1) is 0 Å². The zero-order valence-electron chi connectivity index (χ0n) is 22.4. The molecular weight excluding hydrogens is 500 g/mol. The van der Waals surface area contributed by atoms with Gasteiger partial charge in [0.1, 0.15) is 22.9 Å². The Hall–Kier alpha value is -4.46. The first-order valence-corrected chi connectivity index (χ1v) is 12.3. The van der Waals surface area contributed by atoms with E-state index in [1.807, 2.05) is 39.0 Å². The average molecular weight is 533 g/mol. The minimum atomic E-state index is -1.05. The number of hydrogen-bond donors (Lipinski definition) is 2. The van der Waals surface area contributed by atoms with Crippen molar-refractivity contribution in [2.75, 3.05) is 31.8 Å². The van der Waals surface area contributed by atoms with Gasteiger partial charge in [0.05, 0.1) is 31.2 Å². The van der Waals surface area contributed by atoms with Crippen LogP contribution in [0, 0.1) is 25.7 Å². The lowest BCUT2D eigenvalue weighted by Crippen LogP contribution is -2.48. The number of pyridine rings is 2. The van der Waals surface area contributed by atoms with E-state index in [1.165, 1.54) is 17.2 Å². The molecule has 1 aliphatic rings.